The van der Waals surface area contributed by atoms with Gasteiger partial charge in [0.15, 0.2) is 0 Å². The highest BCUT2D eigenvalue weighted by molar-refractivity contribution is 9.10. The third-order valence-corrected chi connectivity index (χ3v) is 13.1. The minimum atomic E-state index is -1.16. The lowest BCUT2D eigenvalue weighted by atomic mass is 9.68. The van der Waals surface area contributed by atoms with Crippen LogP contribution in [0.25, 0.3) is 0 Å². The molecule has 1 saturated heterocycles. The Morgan fingerprint density at radius 1 is 1.11 bits per heavy atom. The number of nitrogens with zero attached hydrogens (tertiary/aromatic N) is 1. The lowest BCUT2D eigenvalue weighted by Gasteiger charge is -2.43. The van der Waals surface area contributed by atoms with Gasteiger partial charge in [-0.15, -0.1) is 11.8 Å². The zero-order valence-corrected chi connectivity index (χ0v) is 27.7. The van der Waals surface area contributed by atoms with E-state index in [0.29, 0.717) is 6.61 Å². The van der Waals surface area contributed by atoms with Crippen molar-refractivity contribution in [1.82, 2.24) is 9.88 Å². The number of imide groups is 1. The van der Waals surface area contributed by atoms with E-state index in [1.165, 1.54) is 11.3 Å². The molecular formula is C33H33BrN2O6S2. The molecule has 7 unspecified atom stereocenters. The van der Waals surface area contributed by atoms with Crippen molar-refractivity contribution >= 4 is 56.8 Å². The van der Waals surface area contributed by atoms with E-state index in [-0.39, 0.29) is 57.9 Å². The SMILES string of the molecule is Cc1ccccc1COc1ccc(Br)cc1[C@H]1c2sc(=O)[nH]c2SC2C3CC(C4C(=O)N(C(CC(C)C)C(=O)O)C(=O)C34)C21. The van der Waals surface area contributed by atoms with Crippen LogP contribution in [0.3, 0.4) is 0 Å². The van der Waals surface area contributed by atoms with Gasteiger partial charge in [-0.1, -0.05) is 65.4 Å². The maximum absolute atomic E-state index is 14.0. The van der Waals surface area contributed by atoms with Crippen LogP contribution in [0.2, 0.25) is 0 Å². The van der Waals surface area contributed by atoms with Gasteiger partial charge in [-0.25, -0.2) is 4.79 Å². The molecule has 4 aliphatic rings. The van der Waals surface area contributed by atoms with E-state index in [1.807, 2.05) is 44.2 Å². The van der Waals surface area contributed by atoms with Crippen molar-refractivity contribution < 1.29 is 24.2 Å². The molecule has 11 heteroatoms. The van der Waals surface area contributed by atoms with Gasteiger partial charge in [-0.2, -0.15) is 0 Å². The van der Waals surface area contributed by atoms with Crippen molar-refractivity contribution in [2.75, 3.05) is 0 Å². The quantitative estimate of drug-likeness (QED) is 0.275. The number of aryl methyl sites for hydroxylation is 1. The number of carboxylic acids is 1. The van der Waals surface area contributed by atoms with Crippen molar-refractivity contribution in [3.05, 3.63) is 78.2 Å². The zero-order valence-electron chi connectivity index (χ0n) is 24.5. The fourth-order valence-electron chi connectivity index (χ4n) is 8.28. The van der Waals surface area contributed by atoms with Gasteiger partial charge >= 0.3 is 10.8 Å². The number of rotatable bonds is 8. The molecule has 2 bridgehead atoms. The van der Waals surface area contributed by atoms with Gasteiger partial charge in [0.05, 0.1) is 16.9 Å². The molecule has 0 radical (unpaired) electrons. The van der Waals surface area contributed by atoms with Gasteiger partial charge in [0, 0.05) is 26.1 Å². The predicted octanol–water partition coefficient (Wildman–Crippen LogP) is 6.06. The number of aromatic nitrogens is 1. The van der Waals surface area contributed by atoms with E-state index in [2.05, 4.69) is 40.0 Å². The number of nitrogens with one attached hydrogen (secondary N) is 1. The fourth-order valence-corrected chi connectivity index (χ4v) is 11.5. The second-order valence-corrected chi connectivity index (χ2v) is 16.0. The first-order valence-corrected chi connectivity index (χ1v) is 17.5. The highest BCUT2D eigenvalue weighted by Gasteiger charge is 2.70. The molecule has 44 heavy (non-hydrogen) atoms. The number of likely N-dealkylation sites (tertiary alicyclic amines) is 1. The van der Waals surface area contributed by atoms with E-state index in [1.54, 1.807) is 11.8 Å². The monoisotopic (exact) mass is 696 g/mol. The van der Waals surface area contributed by atoms with Crippen LogP contribution in [0.15, 0.2) is 56.8 Å². The van der Waals surface area contributed by atoms with Crippen LogP contribution < -0.4 is 9.61 Å². The van der Waals surface area contributed by atoms with Crippen LogP contribution in [-0.4, -0.2) is 44.1 Å². The normalized spacial score (nSPS) is 29.1. The number of carbonyl (C=O) groups excluding carboxylic acids is 2. The van der Waals surface area contributed by atoms with Crippen LogP contribution in [0.5, 0.6) is 5.75 Å². The molecule has 3 fully saturated rings. The van der Waals surface area contributed by atoms with Gasteiger partial charge in [0.2, 0.25) is 11.8 Å². The molecule has 1 aromatic heterocycles. The molecule has 8 atom stereocenters. The number of thiazole rings is 1. The Morgan fingerprint density at radius 3 is 2.55 bits per heavy atom. The summed E-state index contributed by atoms with van der Waals surface area (Å²) < 4.78 is 7.38. The second-order valence-electron chi connectivity index (χ2n) is 12.9. The largest absolute Gasteiger partial charge is 0.489 e. The first kappa shape index (κ1) is 29.8. The number of amides is 2. The highest BCUT2D eigenvalue weighted by atomic mass is 79.9. The Bertz CT molecular complexity index is 1730. The molecule has 8 nitrogen and oxygen atoms in total. The first-order chi connectivity index (χ1) is 21.0. The Balaban J connectivity index is 1.29. The van der Waals surface area contributed by atoms with Crippen molar-refractivity contribution in [3.8, 4) is 5.75 Å². The minimum Gasteiger partial charge on any atom is -0.489 e. The van der Waals surface area contributed by atoms with Crippen molar-refractivity contribution in [3.63, 3.8) is 0 Å². The minimum absolute atomic E-state index is 0.00252. The van der Waals surface area contributed by atoms with E-state index in [9.17, 15) is 24.3 Å². The van der Waals surface area contributed by atoms with E-state index < -0.39 is 23.8 Å². The molecule has 3 aromatic rings. The Hall–Kier alpha value is -2.89. The predicted molar refractivity (Wildman–Crippen MR) is 171 cm³/mol. The molecule has 2 amide bonds. The number of H-pyrrole nitrogens is 1. The standard InChI is InChI=1S/C33H33BrN2O6S2/c1-14(2)10-21(32(39)40)36-30(37)25-19-12-20(26(25)31(36)38)27-24(19)23(28-29(43-27)35-33(41)44-28)18-11-17(34)8-9-22(18)42-13-16-7-5-4-6-15(16)3/h4-9,11,14,19-21,23-27H,10,12-13H2,1-3H3,(H,35,41)(H,39,40)/t19?,20?,21?,23-,24?,25?,26?,27?/m1/s1. The van der Waals surface area contributed by atoms with E-state index in [4.69, 9.17) is 4.74 Å². The van der Waals surface area contributed by atoms with Gasteiger partial charge < -0.3 is 14.8 Å². The van der Waals surface area contributed by atoms with E-state index >= 15 is 0 Å². The number of fused-ring (bicyclic) bond motifs is 9. The van der Waals surface area contributed by atoms with Crippen LogP contribution in [0, 0.1) is 42.4 Å². The number of carboxylic acid groups (broad SMARTS) is 1. The molecule has 2 N–H and O–H groups in total. The fraction of sp³-hybridized carbons (Fsp3) is 0.455. The summed E-state index contributed by atoms with van der Waals surface area (Å²) in [7, 11) is 0. The van der Waals surface area contributed by atoms with Gasteiger partial charge in [-0.05, 0) is 72.8 Å². The van der Waals surface area contributed by atoms with Crippen molar-refractivity contribution in [2.45, 2.75) is 62.5 Å². The highest BCUT2D eigenvalue weighted by Crippen LogP contribution is 2.69. The topological polar surface area (TPSA) is 117 Å². The smallest absolute Gasteiger partial charge is 0.326 e. The summed E-state index contributed by atoms with van der Waals surface area (Å²) in [6.07, 6.45) is 0.956. The molecule has 2 saturated carbocycles. The van der Waals surface area contributed by atoms with Crippen LogP contribution in [-0.2, 0) is 21.0 Å². The first-order valence-electron chi connectivity index (χ1n) is 15.0. The molecule has 7 rings (SSSR count). The molecule has 230 valence electrons. The van der Waals surface area contributed by atoms with E-state index in [0.717, 1.165) is 48.1 Å². The van der Waals surface area contributed by atoms with Crippen LogP contribution in [0.1, 0.15) is 54.2 Å². The molecule has 0 spiro atoms. The number of halogens is 1. The summed E-state index contributed by atoms with van der Waals surface area (Å²) in [6, 6.07) is 12.9. The summed E-state index contributed by atoms with van der Waals surface area (Å²) >= 11 is 6.48. The Kier molecular flexibility index (Phi) is 7.57. The number of aromatic amines is 1. The zero-order chi connectivity index (χ0) is 31.0. The summed E-state index contributed by atoms with van der Waals surface area (Å²) in [5, 5.41) is 10.9. The lowest BCUT2D eigenvalue weighted by molar-refractivity contribution is -0.156. The summed E-state index contributed by atoms with van der Waals surface area (Å²) in [6.45, 7) is 6.24. The lowest BCUT2D eigenvalue weighted by Crippen LogP contribution is -2.47. The molecular weight excluding hydrogens is 664 g/mol. The van der Waals surface area contributed by atoms with Gasteiger partial charge in [0.1, 0.15) is 18.4 Å². The number of benzene rings is 2. The van der Waals surface area contributed by atoms with Crippen LogP contribution in [0.4, 0.5) is 0 Å². The number of ether oxygens (including phenoxy) is 1. The summed E-state index contributed by atoms with van der Waals surface area (Å²) in [5.41, 5.74) is 3.16. The average Bonchev–Trinajstić information content (AvgIpc) is 3.70. The number of aliphatic carboxylic acids is 1. The van der Waals surface area contributed by atoms with Crippen LogP contribution >= 0.6 is 39.0 Å². The maximum Gasteiger partial charge on any atom is 0.326 e. The number of hydrogen-bond donors (Lipinski definition) is 2. The number of carbonyl (C=O) groups is 3. The third kappa shape index (κ3) is 4.69. The molecule has 3 heterocycles. The summed E-state index contributed by atoms with van der Waals surface area (Å²) in [5.74, 6) is -2.61. The van der Waals surface area contributed by atoms with Crippen molar-refractivity contribution in [1.29, 1.82) is 0 Å². The number of hydrogen-bond acceptors (Lipinski definition) is 7. The van der Waals surface area contributed by atoms with Gasteiger partial charge in [-0.3, -0.25) is 19.3 Å². The van der Waals surface area contributed by atoms with Crippen molar-refractivity contribution in [2.24, 2.45) is 35.5 Å². The molecule has 2 aliphatic heterocycles. The summed E-state index contributed by atoms with van der Waals surface area (Å²) in [4.78, 5) is 57.9. The molecule has 2 aliphatic carbocycles. The maximum atomic E-state index is 14.0. The Morgan fingerprint density at radius 2 is 1.84 bits per heavy atom. The Labute approximate surface area is 271 Å². The average molecular weight is 698 g/mol. The molecule has 2 aromatic carbocycles. The second kappa shape index (κ2) is 11.2. The number of thioether (sulfide) groups is 1. The van der Waals surface area contributed by atoms with Gasteiger partial charge in [0.25, 0.3) is 0 Å². The third-order valence-electron chi connectivity index (χ3n) is 10.0.